The first-order valence-electron chi connectivity index (χ1n) is 7.75. The molecule has 0 saturated carbocycles. The standard InChI is InChI=1S/C15H20N4O4S.ClH/c1-9(15(21)17-7-10-6-16-8-12(10)20)18-14-11-4-2-3-5-13(11)24(22,23)19-14;/h2-5,9-10,12,16,20H,6-8H2,1H3,(H,17,21)(H,18,19);1H. The first-order chi connectivity index (χ1) is 11.4. The van der Waals surface area contributed by atoms with Gasteiger partial charge in [-0.2, -0.15) is 0 Å². The minimum atomic E-state index is -3.61. The molecule has 3 atom stereocenters. The number of hydrogen-bond acceptors (Lipinski definition) is 6. The van der Waals surface area contributed by atoms with E-state index in [9.17, 15) is 18.3 Å². The number of benzene rings is 1. The first-order valence-corrected chi connectivity index (χ1v) is 9.23. The molecule has 138 valence electrons. The smallest absolute Gasteiger partial charge is 0.263 e. The van der Waals surface area contributed by atoms with Gasteiger partial charge >= 0.3 is 0 Å². The number of rotatable bonds is 4. The van der Waals surface area contributed by atoms with Gasteiger partial charge in [-0.3, -0.25) is 14.5 Å². The van der Waals surface area contributed by atoms with Crippen molar-refractivity contribution < 1.29 is 18.3 Å². The second-order valence-corrected chi connectivity index (χ2v) is 7.64. The molecule has 1 fully saturated rings. The molecule has 2 heterocycles. The van der Waals surface area contributed by atoms with Crippen LogP contribution in [0.25, 0.3) is 0 Å². The van der Waals surface area contributed by atoms with Gasteiger partial charge in [0.15, 0.2) is 0 Å². The van der Waals surface area contributed by atoms with Crippen LogP contribution in [-0.2, 0) is 14.8 Å². The Hall–Kier alpha value is -1.68. The van der Waals surface area contributed by atoms with Gasteiger partial charge in [0.05, 0.1) is 11.0 Å². The topological polar surface area (TPSA) is 120 Å². The van der Waals surface area contributed by atoms with Gasteiger partial charge in [-0.05, 0) is 19.1 Å². The molecule has 3 unspecified atom stereocenters. The third-order valence-corrected chi connectivity index (χ3v) is 5.60. The fourth-order valence-corrected chi connectivity index (χ4v) is 4.03. The van der Waals surface area contributed by atoms with Gasteiger partial charge in [0, 0.05) is 31.1 Å². The number of halogens is 1. The van der Waals surface area contributed by atoms with Crippen LogP contribution < -0.4 is 15.4 Å². The highest BCUT2D eigenvalue weighted by Crippen LogP contribution is 2.22. The van der Waals surface area contributed by atoms with Crippen molar-refractivity contribution in [1.29, 1.82) is 0 Å². The summed E-state index contributed by atoms with van der Waals surface area (Å²) in [5.41, 5.74) is 0.465. The molecule has 2 aliphatic rings. The highest BCUT2D eigenvalue weighted by atomic mass is 35.5. The van der Waals surface area contributed by atoms with Crippen LogP contribution in [0.1, 0.15) is 12.5 Å². The van der Waals surface area contributed by atoms with Crippen LogP contribution in [0.15, 0.2) is 34.2 Å². The van der Waals surface area contributed by atoms with E-state index in [-0.39, 0.29) is 35.0 Å². The van der Waals surface area contributed by atoms with Gasteiger partial charge in [0.1, 0.15) is 11.9 Å². The molecule has 0 spiro atoms. The number of nitrogens with zero attached hydrogens (tertiary/aromatic N) is 1. The Labute approximate surface area is 152 Å². The monoisotopic (exact) mass is 388 g/mol. The fraction of sp³-hybridized carbons (Fsp3) is 0.467. The molecule has 3 rings (SSSR count). The zero-order chi connectivity index (χ0) is 17.3. The lowest BCUT2D eigenvalue weighted by Gasteiger charge is -2.15. The Kier molecular flexibility index (Phi) is 6.04. The maximum absolute atomic E-state index is 12.2. The lowest BCUT2D eigenvalue weighted by molar-refractivity contribution is -0.122. The number of aliphatic hydroxyl groups excluding tert-OH is 1. The normalized spacial score (nSPS) is 26.4. The Morgan fingerprint density at radius 3 is 2.80 bits per heavy atom. The van der Waals surface area contributed by atoms with Crippen LogP contribution in [0.2, 0.25) is 0 Å². The Bertz CT molecular complexity index is 783. The molecule has 0 aromatic heterocycles. The molecule has 0 bridgehead atoms. The molecule has 1 amide bonds. The van der Waals surface area contributed by atoms with Gasteiger partial charge in [-0.1, -0.05) is 12.1 Å². The van der Waals surface area contributed by atoms with Crippen molar-refractivity contribution in [3.05, 3.63) is 29.8 Å². The number of aliphatic hydroxyl groups is 1. The molecule has 25 heavy (non-hydrogen) atoms. The summed E-state index contributed by atoms with van der Waals surface area (Å²) in [6, 6.07) is 5.75. The Morgan fingerprint density at radius 1 is 1.40 bits per heavy atom. The number of β-amino-alcohol motifs (C(OH)–C–C–N with tert-alkyl or cyclic N) is 1. The molecule has 1 aromatic rings. The van der Waals surface area contributed by atoms with Crippen molar-refractivity contribution in [2.24, 2.45) is 10.9 Å². The summed E-state index contributed by atoms with van der Waals surface area (Å²) in [4.78, 5) is 16.5. The van der Waals surface area contributed by atoms with E-state index in [1.165, 1.54) is 6.07 Å². The van der Waals surface area contributed by atoms with E-state index in [0.29, 0.717) is 25.2 Å². The van der Waals surface area contributed by atoms with E-state index in [1.54, 1.807) is 25.1 Å². The predicted octanol–water partition coefficient (Wildman–Crippen LogP) is -0.768. The van der Waals surface area contributed by atoms with Crippen LogP contribution in [0.5, 0.6) is 0 Å². The molecular weight excluding hydrogens is 368 g/mol. The molecule has 1 aromatic carbocycles. The van der Waals surface area contributed by atoms with Crippen LogP contribution in [0.4, 0.5) is 0 Å². The SMILES string of the molecule is CC(N=C1NS(=O)(=O)c2ccccc21)C(=O)NCC1CNCC1O.Cl. The van der Waals surface area contributed by atoms with E-state index in [4.69, 9.17) is 0 Å². The summed E-state index contributed by atoms with van der Waals surface area (Å²) >= 11 is 0. The van der Waals surface area contributed by atoms with Crippen molar-refractivity contribution >= 4 is 34.2 Å². The fourth-order valence-electron chi connectivity index (χ4n) is 2.79. The summed E-state index contributed by atoms with van der Waals surface area (Å²) in [5.74, 6) is -0.166. The summed E-state index contributed by atoms with van der Waals surface area (Å²) in [7, 11) is -3.61. The van der Waals surface area contributed by atoms with Gasteiger partial charge in [-0.15, -0.1) is 12.4 Å². The summed E-state index contributed by atoms with van der Waals surface area (Å²) in [6.45, 7) is 3.12. The van der Waals surface area contributed by atoms with E-state index in [0.717, 1.165) is 0 Å². The predicted molar refractivity (Wildman–Crippen MR) is 95.4 cm³/mol. The van der Waals surface area contributed by atoms with Gasteiger partial charge in [-0.25, -0.2) is 8.42 Å². The van der Waals surface area contributed by atoms with Crippen molar-refractivity contribution in [1.82, 2.24) is 15.4 Å². The third kappa shape index (κ3) is 4.12. The highest BCUT2D eigenvalue weighted by molar-refractivity contribution is 7.90. The second-order valence-electron chi connectivity index (χ2n) is 5.99. The maximum atomic E-state index is 12.2. The van der Waals surface area contributed by atoms with Crippen molar-refractivity contribution in [3.63, 3.8) is 0 Å². The summed E-state index contributed by atoms with van der Waals surface area (Å²) in [5, 5.41) is 15.5. The van der Waals surface area contributed by atoms with Crippen molar-refractivity contribution in [2.45, 2.75) is 24.0 Å². The van der Waals surface area contributed by atoms with E-state index in [1.807, 2.05) is 0 Å². The number of hydrogen-bond donors (Lipinski definition) is 4. The number of nitrogens with one attached hydrogen (secondary N) is 3. The molecule has 10 heteroatoms. The van der Waals surface area contributed by atoms with Crippen LogP contribution >= 0.6 is 12.4 Å². The Morgan fingerprint density at radius 2 is 2.12 bits per heavy atom. The average Bonchev–Trinajstić information content (AvgIpc) is 3.07. The molecule has 0 radical (unpaired) electrons. The van der Waals surface area contributed by atoms with Crippen molar-refractivity contribution in [2.75, 3.05) is 19.6 Å². The quantitative estimate of drug-likeness (QED) is 0.540. The molecule has 1 saturated heterocycles. The number of sulfonamides is 1. The lowest BCUT2D eigenvalue weighted by atomic mass is 10.1. The van der Waals surface area contributed by atoms with E-state index < -0.39 is 22.2 Å². The summed E-state index contributed by atoms with van der Waals surface area (Å²) in [6.07, 6.45) is -0.472. The number of fused-ring (bicyclic) bond motifs is 1. The number of aliphatic imine (C=N–C) groups is 1. The maximum Gasteiger partial charge on any atom is 0.263 e. The second kappa shape index (κ2) is 7.69. The minimum Gasteiger partial charge on any atom is -0.391 e. The van der Waals surface area contributed by atoms with Gasteiger partial charge in [0.2, 0.25) is 5.91 Å². The number of amidine groups is 1. The number of carbonyl (C=O) groups is 1. The molecule has 0 aliphatic carbocycles. The zero-order valence-corrected chi connectivity index (χ0v) is 15.2. The molecule has 4 N–H and O–H groups in total. The third-order valence-electron chi connectivity index (χ3n) is 4.21. The van der Waals surface area contributed by atoms with Crippen LogP contribution in [0, 0.1) is 5.92 Å². The van der Waals surface area contributed by atoms with E-state index in [2.05, 4.69) is 20.3 Å². The van der Waals surface area contributed by atoms with E-state index >= 15 is 0 Å². The minimum absolute atomic E-state index is 0. The highest BCUT2D eigenvalue weighted by Gasteiger charge is 2.31. The zero-order valence-electron chi connectivity index (χ0n) is 13.6. The van der Waals surface area contributed by atoms with Gasteiger partial charge < -0.3 is 15.7 Å². The van der Waals surface area contributed by atoms with Crippen molar-refractivity contribution in [3.8, 4) is 0 Å². The van der Waals surface area contributed by atoms with Crippen LogP contribution in [-0.4, -0.2) is 57.0 Å². The average molecular weight is 389 g/mol. The molecule has 8 nitrogen and oxygen atoms in total. The number of carbonyl (C=O) groups excluding carboxylic acids is 1. The number of amides is 1. The largest absolute Gasteiger partial charge is 0.391 e. The Balaban J connectivity index is 0.00000225. The molecular formula is C15H21ClN4O4S. The first kappa shape index (κ1) is 19.6. The van der Waals surface area contributed by atoms with Gasteiger partial charge in [0.25, 0.3) is 10.0 Å². The van der Waals surface area contributed by atoms with Crippen LogP contribution in [0.3, 0.4) is 0 Å². The summed E-state index contributed by atoms with van der Waals surface area (Å²) < 4.78 is 26.4. The molecule has 2 aliphatic heterocycles. The lowest BCUT2D eigenvalue weighted by Crippen LogP contribution is -2.39.